The van der Waals surface area contributed by atoms with Crippen molar-refractivity contribution in [3.05, 3.63) is 47.7 Å². The van der Waals surface area contributed by atoms with Crippen molar-refractivity contribution in [1.29, 1.82) is 0 Å². The second-order valence-corrected chi connectivity index (χ2v) is 6.52. The first kappa shape index (κ1) is 14.5. The molecule has 4 nitrogen and oxygen atoms in total. The maximum Gasteiger partial charge on any atom is 0.235 e. The fourth-order valence-electron chi connectivity index (χ4n) is 3.27. The van der Waals surface area contributed by atoms with E-state index in [-0.39, 0.29) is 0 Å². The molecule has 4 rings (SSSR count). The van der Waals surface area contributed by atoms with Gasteiger partial charge in [0.05, 0.1) is 0 Å². The van der Waals surface area contributed by atoms with Crippen molar-refractivity contribution >= 4 is 23.2 Å². The molecule has 2 heterocycles. The van der Waals surface area contributed by atoms with Gasteiger partial charge >= 0.3 is 0 Å². The third-order valence-corrected chi connectivity index (χ3v) is 4.72. The van der Waals surface area contributed by atoms with Crippen LogP contribution in [0, 0.1) is 0 Å². The van der Waals surface area contributed by atoms with Gasteiger partial charge in [0.25, 0.3) is 0 Å². The third-order valence-electron chi connectivity index (χ3n) is 4.47. The molecule has 0 saturated heterocycles. The summed E-state index contributed by atoms with van der Waals surface area (Å²) < 4.78 is 2.04. The van der Waals surface area contributed by atoms with Gasteiger partial charge < -0.3 is 5.32 Å². The maximum absolute atomic E-state index is 6.02. The molecule has 5 heteroatoms. The SMILES string of the molecule is Clc1ccc(-c2nc3ncccn3c2NC2CCCCC2)cc1. The van der Waals surface area contributed by atoms with E-state index in [0.717, 1.165) is 27.9 Å². The zero-order valence-electron chi connectivity index (χ0n) is 12.9. The number of halogens is 1. The molecule has 2 aromatic heterocycles. The number of aromatic nitrogens is 3. The molecule has 1 fully saturated rings. The molecule has 3 aromatic rings. The molecule has 1 aromatic carbocycles. The first-order valence-corrected chi connectivity index (χ1v) is 8.54. The van der Waals surface area contributed by atoms with Crippen molar-refractivity contribution in [2.75, 3.05) is 5.32 Å². The minimum absolute atomic E-state index is 0.509. The Bertz CT molecular complexity index is 804. The van der Waals surface area contributed by atoms with E-state index in [2.05, 4.69) is 10.3 Å². The molecule has 118 valence electrons. The van der Waals surface area contributed by atoms with Crippen LogP contribution in [-0.4, -0.2) is 20.4 Å². The summed E-state index contributed by atoms with van der Waals surface area (Å²) in [5.74, 6) is 1.75. The Morgan fingerprint density at radius 2 is 1.87 bits per heavy atom. The molecule has 0 amide bonds. The zero-order chi connectivity index (χ0) is 15.6. The van der Waals surface area contributed by atoms with E-state index >= 15 is 0 Å². The standard InChI is InChI=1S/C18H19ClN4/c19-14-9-7-13(8-10-14)16-17(21-15-5-2-1-3-6-15)23-12-4-11-20-18(23)22-16/h4,7-12,15,21H,1-3,5-6H2. The summed E-state index contributed by atoms with van der Waals surface area (Å²) >= 11 is 6.02. The molecule has 0 aliphatic heterocycles. The molecule has 23 heavy (non-hydrogen) atoms. The summed E-state index contributed by atoms with van der Waals surface area (Å²) in [4.78, 5) is 9.11. The number of hydrogen-bond donors (Lipinski definition) is 1. The first-order valence-electron chi connectivity index (χ1n) is 8.17. The lowest BCUT2D eigenvalue weighted by atomic mass is 9.95. The molecule has 0 atom stereocenters. The molecule has 0 spiro atoms. The Morgan fingerprint density at radius 3 is 2.65 bits per heavy atom. The Hall–Kier alpha value is -2.07. The highest BCUT2D eigenvalue weighted by Crippen LogP contribution is 2.31. The smallest absolute Gasteiger partial charge is 0.235 e. The maximum atomic E-state index is 6.02. The van der Waals surface area contributed by atoms with E-state index in [1.807, 2.05) is 40.9 Å². The highest BCUT2D eigenvalue weighted by Gasteiger charge is 2.19. The highest BCUT2D eigenvalue weighted by molar-refractivity contribution is 6.30. The van der Waals surface area contributed by atoms with E-state index < -0.39 is 0 Å². The van der Waals surface area contributed by atoms with Crippen LogP contribution < -0.4 is 5.32 Å². The number of nitrogens with one attached hydrogen (secondary N) is 1. The van der Waals surface area contributed by atoms with Gasteiger partial charge in [0, 0.05) is 29.0 Å². The Kier molecular flexibility index (Phi) is 3.92. The van der Waals surface area contributed by atoms with Crippen LogP contribution in [0.25, 0.3) is 17.0 Å². The van der Waals surface area contributed by atoms with Gasteiger partial charge in [0.15, 0.2) is 0 Å². The van der Waals surface area contributed by atoms with Gasteiger partial charge in [-0.15, -0.1) is 0 Å². The third kappa shape index (κ3) is 2.91. The van der Waals surface area contributed by atoms with Gasteiger partial charge in [-0.1, -0.05) is 43.0 Å². The summed E-state index contributed by atoms with van der Waals surface area (Å²) in [5.41, 5.74) is 1.99. The normalized spacial score (nSPS) is 15.9. The van der Waals surface area contributed by atoms with E-state index in [0.29, 0.717) is 6.04 Å². The van der Waals surface area contributed by atoms with Crippen LogP contribution in [0.5, 0.6) is 0 Å². The molecular weight excluding hydrogens is 308 g/mol. The summed E-state index contributed by atoms with van der Waals surface area (Å²) in [6.45, 7) is 0. The molecule has 0 radical (unpaired) electrons. The first-order chi connectivity index (χ1) is 11.3. The van der Waals surface area contributed by atoms with Crippen molar-refractivity contribution in [3.8, 4) is 11.3 Å². The largest absolute Gasteiger partial charge is 0.367 e. The molecule has 1 N–H and O–H groups in total. The Morgan fingerprint density at radius 1 is 1.09 bits per heavy atom. The quantitative estimate of drug-likeness (QED) is 0.752. The minimum Gasteiger partial charge on any atom is -0.367 e. The topological polar surface area (TPSA) is 42.2 Å². The van der Waals surface area contributed by atoms with Crippen molar-refractivity contribution in [1.82, 2.24) is 14.4 Å². The predicted octanol–water partition coefficient (Wildman–Crippen LogP) is 4.79. The van der Waals surface area contributed by atoms with Crippen LogP contribution in [0.1, 0.15) is 32.1 Å². The number of imidazole rings is 1. The monoisotopic (exact) mass is 326 g/mol. The van der Waals surface area contributed by atoms with Crippen molar-refractivity contribution < 1.29 is 0 Å². The fourth-order valence-corrected chi connectivity index (χ4v) is 3.40. The van der Waals surface area contributed by atoms with E-state index in [9.17, 15) is 0 Å². The average molecular weight is 327 g/mol. The van der Waals surface area contributed by atoms with Gasteiger partial charge in [-0.05, 0) is 31.0 Å². The zero-order valence-corrected chi connectivity index (χ0v) is 13.6. The highest BCUT2D eigenvalue weighted by atomic mass is 35.5. The van der Waals surface area contributed by atoms with E-state index in [1.54, 1.807) is 6.20 Å². The van der Waals surface area contributed by atoms with Crippen LogP contribution in [0.2, 0.25) is 5.02 Å². The Labute approximate surface area is 140 Å². The van der Waals surface area contributed by atoms with Crippen LogP contribution in [0.4, 0.5) is 5.82 Å². The van der Waals surface area contributed by atoms with Crippen molar-refractivity contribution in [2.24, 2.45) is 0 Å². The van der Waals surface area contributed by atoms with Gasteiger partial charge in [0.1, 0.15) is 11.5 Å². The van der Waals surface area contributed by atoms with E-state index in [4.69, 9.17) is 16.6 Å². The lowest BCUT2D eigenvalue weighted by Crippen LogP contribution is -2.23. The molecule has 1 saturated carbocycles. The minimum atomic E-state index is 0.509. The molecule has 0 bridgehead atoms. The lowest BCUT2D eigenvalue weighted by molar-refractivity contribution is 0.461. The summed E-state index contributed by atoms with van der Waals surface area (Å²) in [6, 6.07) is 10.3. The number of anilines is 1. The number of benzene rings is 1. The summed E-state index contributed by atoms with van der Waals surface area (Å²) in [5, 5.41) is 4.45. The molecule has 0 unspecified atom stereocenters. The number of fused-ring (bicyclic) bond motifs is 1. The lowest BCUT2D eigenvalue weighted by Gasteiger charge is -2.24. The second kappa shape index (κ2) is 6.20. The van der Waals surface area contributed by atoms with Crippen LogP contribution in [-0.2, 0) is 0 Å². The molecular formula is C18H19ClN4. The Balaban J connectivity index is 1.79. The van der Waals surface area contributed by atoms with Crippen LogP contribution in [0.15, 0.2) is 42.7 Å². The van der Waals surface area contributed by atoms with Crippen molar-refractivity contribution in [3.63, 3.8) is 0 Å². The van der Waals surface area contributed by atoms with Gasteiger partial charge in [0.2, 0.25) is 5.78 Å². The summed E-state index contributed by atoms with van der Waals surface area (Å²) in [6.07, 6.45) is 10.2. The van der Waals surface area contributed by atoms with E-state index in [1.165, 1.54) is 32.1 Å². The van der Waals surface area contributed by atoms with Crippen molar-refractivity contribution in [2.45, 2.75) is 38.1 Å². The average Bonchev–Trinajstić information content (AvgIpc) is 2.95. The second-order valence-electron chi connectivity index (χ2n) is 6.08. The van der Waals surface area contributed by atoms with Gasteiger partial charge in [-0.25, -0.2) is 9.97 Å². The number of nitrogens with zero attached hydrogens (tertiary/aromatic N) is 3. The predicted molar refractivity (Wildman–Crippen MR) is 93.9 cm³/mol. The number of rotatable bonds is 3. The van der Waals surface area contributed by atoms with Crippen LogP contribution >= 0.6 is 11.6 Å². The molecule has 1 aliphatic carbocycles. The van der Waals surface area contributed by atoms with Gasteiger partial charge in [-0.2, -0.15) is 0 Å². The molecule has 1 aliphatic rings. The summed E-state index contributed by atoms with van der Waals surface area (Å²) in [7, 11) is 0. The van der Waals surface area contributed by atoms with Gasteiger partial charge in [-0.3, -0.25) is 4.40 Å². The number of hydrogen-bond acceptors (Lipinski definition) is 3. The fraction of sp³-hybridized carbons (Fsp3) is 0.333. The van der Waals surface area contributed by atoms with Crippen LogP contribution in [0.3, 0.4) is 0 Å².